The fourth-order valence-corrected chi connectivity index (χ4v) is 2.04. The van der Waals surface area contributed by atoms with E-state index >= 15 is 0 Å². The Kier molecular flexibility index (Phi) is 6.82. The lowest BCUT2D eigenvalue weighted by Gasteiger charge is -2.19. The van der Waals surface area contributed by atoms with Gasteiger partial charge in [0.15, 0.2) is 11.5 Å². The summed E-state index contributed by atoms with van der Waals surface area (Å²) >= 11 is 0. The van der Waals surface area contributed by atoms with E-state index in [1.54, 1.807) is 20.4 Å². The highest BCUT2D eigenvalue weighted by molar-refractivity contribution is 5.85. The number of methoxy groups -OCH3 is 2. The van der Waals surface area contributed by atoms with Crippen LogP contribution in [0.15, 0.2) is 42.7 Å². The molecule has 0 aliphatic carbocycles. The fraction of sp³-hybridized carbons (Fsp3) is 0.312. The van der Waals surface area contributed by atoms with Crippen LogP contribution >= 0.6 is 12.4 Å². The minimum atomic E-state index is 0. The lowest BCUT2D eigenvalue weighted by molar-refractivity contribution is 0.354. The molecule has 0 spiro atoms. The highest BCUT2D eigenvalue weighted by Gasteiger charge is 2.06. The summed E-state index contributed by atoms with van der Waals surface area (Å²) in [6, 6.07) is 10.0. The van der Waals surface area contributed by atoms with Gasteiger partial charge in [0.25, 0.3) is 0 Å². The number of anilines is 1. The van der Waals surface area contributed by atoms with E-state index in [-0.39, 0.29) is 12.4 Å². The number of nitrogens with zero attached hydrogens (tertiary/aromatic N) is 2. The van der Waals surface area contributed by atoms with Gasteiger partial charge in [0.1, 0.15) is 0 Å². The molecule has 0 bridgehead atoms. The van der Waals surface area contributed by atoms with Crippen molar-refractivity contribution in [2.45, 2.75) is 6.42 Å². The molecule has 2 rings (SSSR count). The zero-order valence-corrected chi connectivity index (χ0v) is 13.4. The minimum absolute atomic E-state index is 0. The molecule has 1 aromatic heterocycles. The molecule has 0 aliphatic rings. The molecule has 5 heteroatoms. The van der Waals surface area contributed by atoms with Crippen LogP contribution in [0.4, 0.5) is 5.69 Å². The average molecular weight is 309 g/mol. The van der Waals surface area contributed by atoms with Crippen LogP contribution in [-0.2, 0) is 6.42 Å². The van der Waals surface area contributed by atoms with Crippen molar-refractivity contribution in [1.82, 2.24) is 4.98 Å². The monoisotopic (exact) mass is 308 g/mol. The Balaban J connectivity index is 0.00000220. The molecule has 0 N–H and O–H groups in total. The van der Waals surface area contributed by atoms with Crippen molar-refractivity contribution in [3.05, 3.63) is 48.3 Å². The molecule has 2 aromatic rings. The molecule has 0 amide bonds. The van der Waals surface area contributed by atoms with Crippen molar-refractivity contribution >= 4 is 18.1 Å². The number of halogens is 1. The fourth-order valence-electron chi connectivity index (χ4n) is 2.04. The third kappa shape index (κ3) is 4.53. The first-order valence-electron chi connectivity index (χ1n) is 6.56. The van der Waals surface area contributed by atoms with Crippen molar-refractivity contribution in [3.8, 4) is 11.5 Å². The third-order valence-corrected chi connectivity index (χ3v) is 3.27. The van der Waals surface area contributed by atoms with Gasteiger partial charge in [-0.25, -0.2) is 0 Å². The molecule has 4 nitrogen and oxygen atoms in total. The van der Waals surface area contributed by atoms with Crippen molar-refractivity contribution in [1.29, 1.82) is 0 Å². The summed E-state index contributed by atoms with van der Waals surface area (Å²) in [5.41, 5.74) is 2.34. The Morgan fingerprint density at radius 1 is 1.10 bits per heavy atom. The quantitative estimate of drug-likeness (QED) is 0.821. The predicted molar refractivity (Wildman–Crippen MR) is 88.0 cm³/mol. The summed E-state index contributed by atoms with van der Waals surface area (Å²) in [5.74, 6) is 1.53. The van der Waals surface area contributed by atoms with Crippen molar-refractivity contribution < 1.29 is 9.47 Å². The molecule has 0 saturated heterocycles. The maximum atomic E-state index is 5.32. The van der Waals surface area contributed by atoms with Gasteiger partial charge in [-0.05, 0) is 36.2 Å². The Morgan fingerprint density at radius 3 is 2.48 bits per heavy atom. The number of likely N-dealkylation sites (N-methyl/N-ethyl adjacent to an activating group) is 1. The molecular weight excluding hydrogens is 288 g/mol. The molecular formula is C16H21ClN2O2. The molecule has 1 heterocycles. The van der Waals surface area contributed by atoms with Gasteiger partial charge in [-0.15, -0.1) is 12.4 Å². The predicted octanol–water partition coefficient (Wildman–Crippen LogP) is 3.20. The van der Waals surface area contributed by atoms with Gasteiger partial charge < -0.3 is 14.4 Å². The molecule has 0 atom stereocenters. The molecule has 1 aromatic carbocycles. The van der Waals surface area contributed by atoms with E-state index in [1.165, 1.54) is 5.56 Å². The van der Waals surface area contributed by atoms with Crippen LogP contribution in [0.5, 0.6) is 11.5 Å². The SMILES string of the molecule is COc1ccc(CCN(C)c2cccnc2)cc1OC.Cl. The number of hydrogen-bond acceptors (Lipinski definition) is 4. The van der Waals surface area contributed by atoms with Crippen molar-refractivity contribution in [2.24, 2.45) is 0 Å². The van der Waals surface area contributed by atoms with Crippen LogP contribution < -0.4 is 14.4 Å². The highest BCUT2D eigenvalue weighted by Crippen LogP contribution is 2.27. The number of benzene rings is 1. The van der Waals surface area contributed by atoms with Crippen molar-refractivity contribution in [2.75, 3.05) is 32.7 Å². The summed E-state index contributed by atoms with van der Waals surface area (Å²) in [6.45, 7) is 0.918. The van der Waals surface area contributed by atoms with Crippen LogP contribution in [0, 0.1) is 0 Å². The zero-order chi connectivity index (χ0) is 14.4. The van der Waals surface area contributed by atoms with Crippen LogP contribution in [0.2, 0.25) is 0 Å². The second kappa shape index (κ2) is 8.37. The smallest absolute Gasteiger partial charge is 0.160 e. The molecule has 0 unspecified atom stereocenters. The van der Waals surface area contributed by atoms with Crippen LogP contribution in [0.25, 0.3) is 0 Å². The first-order chi connectivity index (χ1) is 9.74. The molecule has 0 aliphatic heterocycles. The largest absolute Gasteiger partial charge is 0.493 e. The lowest BCUT2D eigenvalue weighted by Crippen LogP contribution is -2.20. The number of hydrogen-bond donors (Lipinski definition) is 0. The standard InChI is InChI=1S/C16H20N2O2.ClH/c1-18(14-5-4-9-17-12-14)10-8-13-6-7-15(19-2)16(11-13)20-3;/h4-7,9,11-12H,8,10H2,1-3H3;1H. The van der Waals surface area contributed by atoms with Crippen LogP contribution in [-0.4, -0.2) is 32.8 Å². The Labute approximate surface area is 132 Å². The maximum absolute atomic E-state index is 5.32. The van der Waals surface area contributed by atoms with Gasteiger partial charge in [-0.1, -0.05) is 6.07 Å². The second-order valence-electron chi connectivity index (χ2n) is 4.57. The summed E-state index contributed by atoms with van der Waals surface area (Å²) in [6.07, 6.45) is 4.59. The van der Waals surface area contributed by atoms with E-state index in [4.69, 9.17) is 9.47 Å². The van der Waals surface area contributed by atoms with Crippen LogP contribution in [0.3, 0.4) is 0 Å². The Bertz CT molecular complexity index is 549. The van der Waals surface area contributed by atoms with Gasteiger partial charge in [0.2, 0.25) is 0 Å². The van der Waals surface area contributed by atoms with E-state index < -0.39 is 0 Å². The molecule has 21 heavy (non-hydrogen) atoms. The van der Waals surface area contributed by atoms with Gasteiger partial charge in [-0.3, -0.25) is 4.98 Å². The van der Waals surface area contributed by atoms with E-state index in [2.05, 4.69) is 29.1 Å². The first-order valence-corrected chi connectivity index (χ1v) is 6.56. The Hall–Kier alpha value is -1.94. The normalized spacial score (nSPS) is 9.67. The second-order valence-corrected chi connectivity index (χ2v) is 4.57. The third-order valence-electron chi connectivity index (χ3n) is 3.27. The summed E-state index contributed by atoms with van der Waals surface area (Å²) < 4.78 is 10.6. The maximum Gasteiger partial charge on any atom is 0.160 e. The van der Waals surface area contributed by atoms with Crippen LogP contribution in [0.1, 0.15) is 5.56 Å². The average Bonchev–Trinajstić information content (AvgIpc) is 2.53. The summed E-state index contributed by atoms with van der Waals surface area (Å²) in [5, 5.41) is 0. The number of aromatic nitrogens is 1. The first kappa shape index (κ1) is 17.1. The lowest BCUT2D eigenvalue weighted by atomic mass is 10.1. The van der Waals surface area contributed by atoms with E-state index in [1.807, 2.05) is 24.4 Å². The van der Waals surface area contributed by atoms with E-state index in [0.29, 0.717) is 0 Å². The van der Waals surface area contributed by atoms with Gasteiger partial charge in [0.05, 0.1) is 26.1 Å². The molecule has 0 radical (unpaired) electrons. The zero-order valence-electron chi connectivity index (χ0n) is 12.6. The molecule has 0 fully saturated rings. The Morgan fingerprint density at radius 2 is 1.86 bits per heavy atom. The highest BCUT2D eigenvalue weighted by atomic mass is 35.5. The van der Waals surface area contributed by atoms with Gasteiger partial charge >= 0.3 is 0 Å². The van der Waals surface area contributed by atoms with Crippen molar-refractivity contribution in [3.63, 3.8) is 0 Å². The van der Waals surface area contributed by atoms with E-state index in [9.17, 15) is 0 Å². The number of pyridine rings is 1. The minimum Gasteiger partial charge on any atom is -0.493 e. The summed E-state index contributed by atoms with van der Waals surface area (Å²) in [4.78, 5) is 6.32. The topological polar surface area (TPSA) is 34.6 Å². The molecule has 114 valence electrons. The number of ether oxygens (including phenoxy) is 2. The molecule has 0 saturated carbocycles. The van der Waals surface area contributed by atoms with Gasteiger partial charge in [0, 0.05) is 19.8 Å². The summed E-state index contributed by atoms with van der Waals surface area (Å²) in [7, 11) is 5.37. The number of rotatable bonds is 6. The van der Waals surface area contributed by atoms with E-state index in [0.717, 1.165) is 30.2 Å². The van der Waals surface area contributed by atoms with Gasteiger partial charge in [-0.2, -0.15) is 0 Å².